The number of halogens is 1. The molecule has 0 atom stereocenters. The molecule has 0 spiro atoms. The van der Waals surface area contributed by atoms with Crippen molar-refractivity contribution in [3.05, 3.63) is 46.3 Å². The van der Waals surface area contributed by atoms with Crippen LogP contribution in [0.2, 0.25) is 0 Å². The van der Waals surface area contributed by atoms with Crippen molar-refractivity contribution < 1.29 is 0 Å². The van der Waals surface area contributed by atoms with Crippen LogP contribution in [0.4, 0.5) is 0 Å². The maximum atomic E-state index is 4.33. The van der Waals surface area contributed by atoms with Crippen molar-refractivity contribution in [1.82, 2.24) is 9.97 Å². The molecule has 0 aliphatic heterocycles. The van der Waals surface area contributed by atoms with E-state index in [9.17, 15) is 0 Å². The zero-order valence-corrected chi connectivity index (χ0v) is 10.2. The van der Waals surface area contributed by atoms with Crippen LogP contribution in [-0.2, 0) is 0 Å². The van der Waals surface area contributed by atoms with Crippen molar-refractivity contribution in [2.45, 2.75) is 13.8 Å². The van der Waals surface area contributed by atoms with Gasteiger partial charge in [0.15, 0.2) is 0 Å². The van der Waals surface area contributed by atoms with Gasteiger partial charge in [0.25, 0.3) is 0 Å². The summed E-state index contributed by atoms with van der Waals surface area (Å²) in [6.07, 6.45) is 1.61. The number of aromatic nitrogens is 2. The van der Waals surface area contributed by atoms with Crippen molar-refractivity contribution in [2.24, 2.45) is 0 Å². The van der Waals surface area contributed by atoms with Crippen LogP contribution in [0.1, 0.15) is 11.3 Å². The molecule has 0 saturated heterocycles. The minimum atomic E-state index is 0.995. The molecular weight excluding hydrogens is 252 g/mol. The number of benzene rings is 1. The molecule has 2 aromatic rings. The average Bonchev–Trinajstić information content (AvgIpc) is 2.23. The number of hydrogen-bond acceptors (Lipinski definition) is 2. The minimum absolute atomic E-state index is 0.995. The first kappa shape index (κ1) is 10.3. The van der Waals surface area contributed by atoms with Gasteiger partial charge in [-0.15, -0.1) is 0 Å². The predicted octanol–water partition coefficient (Wildman–Crippen LogP) is 3.52. The first-order chi connectivity index (χ1) is 7.20. The zero-order valence-electron chi connectivity index (χ0n) is 8.66. The molecule has 0 fully saturated rings. The molecule has 0 radical (unpaired) electrons. The van der Waals surface area contributed by atoms with Crippen LogP contribution in [0.5, 0.6) is 0 Å². The van der Waals surface area contributed by atoms with E-state index in [0.717, 1.165) is 27.0 Å². The highest BCUT2D eigenvalue weighted by Gasteiger charge is 2.08. The minimum Gasteiger partial charge on any atom is -0.241 e. The number of nitrogens with zero attached hydrogens (tertiary/aromatic N) is 2. The molecule has 1 aromatic heterocycles. The second kappa shape index (κ2) is 4.11. The van der Waals surface area contributed by atoms with E-state index in [2.05, 4.69) is 32.0 Å². The highest BCUT2D eigenvalue weighted by molar-refractivity contribution is 9.10. The van der Waals surface area contributed by atoms with Gasteiger partial charge < -0.3 is 0 Å². The van der Waals surface area contributed by atoms with E-state index in [1.807, 2.05) is 32.0 Å². The second-order valence-corrected chi connectivity index (χ2v) is 4.27. The lowest BCUT2D eigenvalue weighted by Gasteiger charge is -2.08. The Hall–Kier alpha value is -1.22. The molecule has 1 aromatic carbocycles. The van der Waals surface area contributed by atoms with E-state index < -0.39 is 0 Å². The molecule has 0 bridgehead atoms. The lowest BCUT2D eigenvalue weighted by atomic mass is 10.1. The summed E-state index contributed by atoms with van der Waals surface area (Å²) in [5, 5.41) is 0. The lowest BCUT2D eigenvalue weighted by molar-refractivity contribution is 1.07. The highest BCUT2D eigenvalue weighted by atomic mass is 79.9. The predicted molar refractivity (Wildman–Crippen MR) is 64.6 cm³/mol. The molecule has 0 aliphatic rings. The largest absolute Gasteiger partial charge is 0.241 e. The maximum absolute atomic E-state index is 4.33. The Morgan fingerprint density at radius 1 is 1.07 bits per heavy atom. The third kappa shape index (κ3) is 1.92. The first-order valence-electron chi connectivity index (χ1n) is 4.73. The zero-order chi connectivity index (χ0) is 10.8. The Labute approximate surface area is 97.5 Å². The van der Waals surface area contributed by atoms with Gasteiger partial charge in [-0.05, 0) is 25.5 Å². The second-order valence-electron chi connectivity index (χ2n) is 3.41. The monoisotopic (exact) mass is 262 g/mol. The molecule has 0 aliphatic carbocycles. The lowest BCUT2D eigenvalue weighted by Crippen LogP contribution is -1.94. The van der Waals surface area contributed by atoms with Gasteiger partial charge in [-0.2, -0.15) is 0 Å². The van der Waals surface area contributed by atoms with E-state index >= 15 is 0 Å². The molecule has 3 heteroatoms. The van der Waals surface area contributed by atoms with Gasteiger partial charge >= 0.3 is 0 Å². The topological polar surface area (TPSA) is 25.8 Å². The van der Waals surface area contributed by atoms with Gasteiger partial charge in [-0.1, -0.05) is 34.1 Å². The van der Waals surface area contributed by atoms with Crippen molar-refractivity contribution in [2.75, 3.05) is 0 Å². The Kier molecular flexibility index (Phi) is 2.82. The highest BCUT2D eigenvalue weighted by Crippen LogP contribution is 2.28. The quantitative estimate of drug-likeness (QED) is 0.786. The Morgan fingerprint density at radius 3 is 2.53 bits per heavy atom. The summed E-state index contributed by atoms with van der Waals surface area (Å²) in [6.45, 7) is 4.04. The summed E-state index contributed by atoms with van der Waals surface area (Å²) in [4.78, 5) is 8.50. The Balaban J connectivity index is 2.65. The van der Waals surface area contributed by atoms with E-state index in [0.29, 0.717) is 0 Å². The van der Waals surface area contributed by atoms with Crippen molar-refractivity contribution in [3.8, 4) is 11.3 Å². The van der Waals surface area contributed by atoms with E-state index in [1.54, 1.807) is 6.33 Å². The van der Waals surface area contributed by atoms with Crippen LogP contribution in [0.3, 0.4) is 0 Å². The Bertz CT molecular complexity index is 495. The van der Waals surface area contributed by atoms with Crippen LogP contribution in [0, 0.1) is 13.8 Å². The molecule has 15 heavy (non-hydrogen) atoms. The summed E-state index contributed by atoms with van der Waals surface area (Å²) in [5.74, 6) is 0. The van der Waals surface area contributed by atoms with Gasteiger partial charge in [-0.25, -0.2) is 9.97 Å². The molecule has 0 amide bonds. The van der Waals surface area contributed by atoms with Crippen LogP contribution >= 0.6 is 15.9 Å². The van der Waals surface area contributed by atoms with Gasteiger partial charge in [0.2, 0.25) is 0 Å². The van der Waals surface area contributed by atoms with Crippen LogP contribution < -0.4 is 0 Å². The smallest absolute Gasteiger partial charge is 0.116 e. The molecule has 0 unspecified atom stereocenters. The summed E-state index contributed by atoms with van der Waals surface area (Å²) in [7, 11) is 0. The summed E-state index contributed by atoms with van der Waals surface area (Å²) < 4.78 is 1.06. The molecule has 1 heterocycles. The average molecular weight is 263 g/mol. The molecule has 2 rings (SSSR count). The van der Waals surface area contributed by atoms with Crippen LogP contribution in [0.15, 0.2) is 35.1 Å². The van der Waals surface area contributed by atoms with Crippen molar-refractivity contribution in [3.63, 3.8) is 0 Å². The molecular formula is C12H11BrN2. The van der Waals surface area contributed by atoms with E-state index in [1.165, 1.54) is 0 Å². The van der Waals surface area contributed by atoms with Crippen LogP contribution in [0.25, 0.3) is 11.3 Å². The molecule has 2 nitrogen and oxygen atoms in total. The SMILES string of the molecule is Cc1ncnc(-c2ccccc2Br)c1C. The van der Waals surface area contributed by atoms with Gasteiger partial charge in [-0.3, -0.25) is 0 Å². The van der Waals surface area contributed by atoms with Crippen LogP contribution in [-0.4, -0.2) is 9.97 Å². The summed E-state index contributed by atoms with van der Waals surface area (Å²) in [6, 6.07) is 8.08. The van der Waals surface area contributed by atoms with Gasteiger partial charge in [0.05, 0.1) is 5.69 Å². The number of rotatable bonds is 1. The summed E-state index contributed by atoms with van der Waals surface area (Å²) >= 11 is 3.53. The standard InChI is InChI=1S/C12H11BrN2/c1-8-9(2)14-7-15-12(8)10-5-3-4-6-11(10)13/h3-7H,1-2H3. The van der Waals surface area contributed by atoms with E-state index in [-0.39, 0.29) is 0 Å². The maximum Gasteiger partial charge on any atom is 0.116 e. The Morgan fingerprint density at radius 2 is 1.80 bits per heavy atom. The third-order valence-electron chi connectivity index (χ3n) is 2.47. The van der Waals surface area contributed by atoms with Crippen molar-refractivity contribution in [1.29, 1.82) is 0 Å². The fraction of sp³-hybridized carbons (Fsp3) is 0.167. The van der Waals surface area contributed by atoms with Gasteiger partial charge in [0, 0.05) is 15.7 Å². The fourth-order valence-corrected chi connectivity index (χ4v) is 1.94. The normalized spacial score (nSPS) is 10.3. The first-order valence-corrected chi connectivity index (χ1v) is 5.52. The molecule has 0 saturated carbocycles. The molecule has 0 N–H and O–H groups in total. The number of aryl methyl sites for hydroxylation is 1. The fourth-order valence-electron chi connectivity index (χ4n) is 1.46. The van der Waals surface area contributed by atoms with Gasteiger partial charge in [0.1, 0.15) is 6.33 Å². The molecule has 76 valence electrons. The summed E-state index contributed by atoms with van der Waals surface area (Å²) in [5.41, 5.74) is 4.26. The van der Waals surface area contributed by atoms with E-state index in [4.69, 9.17) is 0 Å². The van der Waals surface area contributed by atoms with Crippen molar-refractivity contribution >= 4 is 15.9 Å². The third-order valence-corrected chi connectivity index (χ3v) is 3.16. The number of hydrogen-bond donors (Lipinski definition) is 0.